The molecule has 1 aliphatic rings. The third-order valence-corrected chi connectivity index (χ3v) is 6.39. The molecular weight excluding hydrogens is 351 g/mol. The van der Waals surface area contributed by atoms with Gasteiger partial charge in [-0.2, -0.15) is 4.39 Å². The van der Waals surface area contributed by atoms with Crippen LogP contribution in [0.3, 0.4) is 0 Å². The van der Waals surface area contributed by atoms with Crippen LogP contribution >= 0.6 is 27.3 Å². The Hall–Kier alpha value is -0.680. The van der Waals surface area contributed by atoms with E-state index >= 15 is 0 Å². The lowest BCUT2D eigenvalue weighted by Gasteiger charge is -2.24. The van der Waals surface area contributed by atoms with E-state index in [4.69, 9.17) is 0 Å². The average Bonchev–Trinajstić information content (AvgIpc) is 3.11. The van der Waals surface area contributed by atoms with Crippen LogP contribution in [-0.2, 0) is 0 Å². The molecule has 1 saturated carbocycles. The van der Waals surface area contributed by atoms with E-state index in [9.17, 15) is 4.39 Å². The van der Waals surface area contributed by atoms with Gasteiger partial charge in [-0.3, -0.25) is 0 Å². The minimum atomic E-state index is -0.125. The highest BCUT2D eigenvalue weighted by Gasteiger charge is 2.22. The molecule has 2 heterocycles. The molecule has 0 amide bonds. The Morgan fingerprint density at radius 2 is 2.19 bits per heavy atom. The maximum absolute atomic E-state index is 13.5. The van der Waals surface area contributed by atoms with Gasteiger partial charge in [0.15, 0.2) is 5.13 Å². The van der Waals surface area contributed by atoms with Crippen molar-refractivity contribution in [3.05, 3.63) is 39.3 Å². The molecule has 0 aliphatic heterocycles. The van der Waals surface area contributed by atoms with Crippen molar-refractivity contribution in [2.24, 2.45) is 5.92 Å². The van der Waals surface area contributed by atoms with Crippen molar-refractivity contribution in [2.45, 2.75) is 51.0 Å². The fourth-order valence-corrected chi connectivity index (χ4v) is 5.10. The summed E-state index contributed by atoms with van der Waals surface area (Å²) in [6.07, 6.45) is 14.7. The summed E-state index contributed by atoms with van der Waals surface area (Å²) in [5.74, 6) is 0.841. The lowest BCUT2D eigenvalue weighted by molar-refractivity contribution is 0.317. The van der Waals surface area contributed by atoms with Crippen LogP contribution in [0.1, 0.15) is 55.9 Å². The van der Waals surface area contributed by atoms with Gasteiger partial charge in [0.2, 0.25) is 0 Å². The standard InChI is InChI=1S/C16H20BrFN2S/c17-13-10-15(18)21-16(13)14(20-9-8-19-11-20)7-6-12-4-2-1-3-5-12/h8-12,14H,1-7H2. The summed E-state index contributed by atoms with van der Waals surface area (Å²) in [5, 5.41) is -0.125. The number of imidazole rings is 1. The molecule has 0 N–H and O–H groups in total. The molecule has 0 radical (unpaired) electrons. The zero-order valence-electron chi connectivity index (χ0n) is 12.0. The molecule has 1 atom stereocenters. The molecule has 21 heavy (non-hydrogen) atoms. The van der Waals surface area contributed by atoms with Gasteiger partial charge in [-0.15, -0.1) is 11.3 Å². The van der Waals surface area contributed by atoms with Gasteiger partial charge in [0.25, 0.3) is 0 Å². The molecule has 5 heteroatoms. The Morgan fingerprint density at radius 1 is 1.38 bits per heavy atom. The van der Waals surface area contributed by atoms with Crippen LogP contribution in [0.15, 0.2) is 29.3 Å². The van der Waals surface area contributed by atoms with Gasteiger partial charge in [0, 0.05) is 21.7 Å². The van der Waals surface area contributed by atoms with Crippen molar-refractivity contribution in [3.8, 4) is 0 Å². The lowest BCUT2D eigenvalue weighted by Crippen LogP contribution is -2.12. The Morgan fingerprint density at radius 3 is 2.81 bits per heavy atom. The predicted octanol–water partition coefficient (Wildman–Crippen LogP) is 5.80. The van der Waals surface area contributed by atoms with Crippen LogP contribution in [0.25, 0.3) is 0 Å². The smallest absolute Gasteiger partial charge is 0.177 e. The van der Waals surface area contributed by atoms with Crippen molar-refractivity contribution >= 4 is 27.3 Å². The molecule has 1 aliphatic carbocycles. The molecule has 114 valence electrons. The summed E-state index contributed by atoms with van der Waals surface area (Å²) in [6, 6.07) is 1.77. The van der Waals surface area contributed by atoms with Gasteiger partial charge in [-0.25, -0.2) is 4.98 Å². The van der Waals surface area contributed by atoms with Crippen LogP contribution in [0.5, 0.6) is 0 Å². The highest BCUT2D eigenvalue weighted by molar-refractivity contribution is 9.10. The SMILES string of the molecule is Fc1cc(Br)c(C(CCC2CCCCC2)n2ccnc2)s1. The summed E-state index contributed by atoms with van der Waals surface area (Å²) in [7, 11) is 0. The molecule has 1 unspecified atom stereocenters. The first kappa shape index (κ1) is 15.2. The third kappa shape index (κ3) is 3.75. The van der Waals surface area contributed by atoms with Crippen molar-refractivity contribution in [2.75, 3.05) is 0 Å². The first-order chi connectivity index (χ1) is 10.2. The summed E-state index contributed by atoms with van der Waals surface area (Å²) in [6.45, 7) is 0. The molecule has 0 bridgehead atoms. The lowest BCUT2D eigenvalue weighted by atomic mass is 9.85. The largest absolute Gasteiger partial charge is 0.329 e. The number of halogens is 2. The van der Waals surface area contributed by atoms with E-state index in [-0.39, 0.29) is 11.2 Å². The molecule has 0 aromatic carbocycles. The van der Waals surface area contributed by atoms with Gasteiger partial charge in [-0.05, 0) is 40.8 Å². The Balaban J connectivity index is 1.75. The van der Waals surface area contributed by atoms with Crippen molar-refractivity contribution < 1.29 is 4.39 Å². The number of nitrogens with zero attached hydrogens (tertiary/aromatic N) is 2. The fraction of sp³-hybridized carbons (Fsp3) is 0.562. The summed E-state index contributed by atoms with van der Waals surface area (Å²) >= 11 is 4.75. The van der Waals surface area contributed by atoms with Crippen molar-refractivity contribution in [3.63, 3.8) is 0 Å². The minimum absolute atomic E-state index is 0.125. The predicted molar refractivity (Wildman–Crippen MR) is 88.2 cm³/mol. The minimum Gasteiger partial charge on any atom is -0.329 e. The second-order valence-corrected chi connectivity index (χ2v) is 7.76. The van der Waals surface area contributed by atoms with Crippen LogP contribution in [0, 0.1) is 11.0 Å². The fourth-order valence-electron chi connectivity index (χ4n) is 3.32. The molecule has 1 fully saturated rings. The average molecular weight is 371 g/mol. The van der Waals surface area contributed by atoms with E-state index in [2.05, 4.69) is 25.5 Å². The van der Waals surface area contributed by atoms with Gasteiger partial charge in [-0.1, -0.05) is 32.1 Å². The first-order valence-corrected chi connectivity index (χ1v) is 9.27. The molecule has 3 rings (SSSR count). The van der Waals surface area contributed by atoms with Gasteiger partial charge >= 0.3 is 0 Å². The number of rotatable bonds is 5. The molecular formula is C16H20BrFN2S. The highest BCUT2D eigenvalue weighted by Crippen LogP contribution is 2.38. The second-order valence-electron chi connectivity index (χ2n) is 5.87. The zero-order chi connectivity index (χ0) is 14.7. The van der Waals surface area contributed by atoms with E-state index in [1.165, 1.54) is 49.9 Å². The number of hydrogen-bond donors (Lipinski definition) is 0. The van der Waals surface area contributed by atoms with E-state index < -0.39 is 0 Å². The summed E-state index contributed by atoms with van der Waals surface area (Å²) in [5.41, 5.74) is 0. The second kappa shape index (κ2) is 7.05. The van der Waals surface area contributed by atoms with Crippen LogP contribution in [-0.4, -0.2) is 9.55 Å². The first-order valence-electron chi connectivity index (χ1n) is 7.66. The Kier molecular flexibility index (Phi) is 5.11. The van der Waals surface area contributed by atoms with Crippen molar-refractivity contribution in [1.29, 1.82) is 0 Å². The van der Waals surface area contributed by atoms with Crippen molar-refractivity contribution in [1.82, 2.24) is 9.55 Å². The Bertz CT molecular complexity index is 561. The number of aromatic nitrogens is 2. The van der Waals surface area contributed by atoms with Gasteiger partial charge < -0.3 is 4.57 Å². The highest BCUT2D eigenvalue weighted by atomic mass is 79.9. The maximum atomic E-state index is 13.5. The maximum Gasteiger partial charge on any atom is 0.177 e. The molecule has 0 saturated heterocycles. The number of hydrogen-bond acceptors (Lipinski definition) is 2. The summed E-state index contributed by atoms with van der Waals surface area (Å²) < 4.78 is 16.5. The van der Waals surface area contributed by atoms with Gasteiger partial charge in [0.1, 0.15) is 0 Å². The molecule has 2 aromatic rings. The van der Waals surface area contributed by atoms with E-state index in [0.717, 1.165) is 21.7 Å². The van der Waals surface area contributed by atoms with E-state index in [1.807, 2.05) is 12.5 Å². The van der Waals surface area contributed by atoms with E-state index in [0.29, 0.717) is 0 Å². The zero-order valence-corrected chi connectivity index (χ0v) is 14.4. The Labute approximate surface area is 137 Å². The number of thiophene rings is 1. The monoisotopic (exact) mass is 370 g/mol. The third-order valence-electron chi connectivity index (χ3n) is 4.44. The van der Waals surface area contributed by atoms with Gasteiger partial charge in [0.05, 0.1) is 12.4 Å². The quantitative estimate of drug-likeness (QED) is 0.650. The van der Waals surface area contributed by atoms with Crippen LogP contribution in [0.2, 0.25) is 0 Å². The van der Waals surface area contributed by atoms with E-state index in [1.54, 1.807) is 12.3 Å². The molecule has 2 aromatic heterocycles. The summed E-state index contributed by atoms with van der Waals surface area (Å²) in [4.78, 5) is 5.23. The molecule has 2 nitrogen and oxygen atoms in total. The van der Waals surface area contributed by atoms with Crippen LogP contribution < -0.4 is 0 Å². The van der Waals surface area contributed by atoms with Crippen LogP contribution in [0.4, 0.5) is 4.39 Å². The molecule has 0 spiro atoms. The topological polar surface area (TPSA) is 17.8 Å². The normalized spacial score (nSPS) is 18.0.